The average Bonchev–Trinajstić information content (AvgIpc) is 2.76. The van der Waals surface area contributed by atoms with E-state index in [1.165, 1.54) is 0 Å². The first-order valence-corrected chi connectivity index (χ1v) is 7.86. The van der Waals surface area contributed by atoms with Gasteiger partial charge in [-0.1, -0.05) is 18.2 Å². The summed E-state index contributed by atoms with van der Waals surface area (Å²) in [4.78, 5) is 13.6. The minimum absolute atomic E-state index is 0.281. The number of thioether (sulfide) groups is 1. The molecule has 4 nitrogen and oxygen atoms in total. The van der Waals surface area contributed by atoms with E-state index in [9.17, 15) is 9.90 Å². The van der Waals surface area contributed by atoms with Crippen LogP contribution in [0.5, 0.6) is 0 Å². The van der Waals surface area contributed by atoms with Crippen molar-refractivity contribution in [2.24, 2.45) is 0 Å². The minimum Gasteiger partial charge on any atom is -0.478 e. The van der Waals surface area contributed by atoms with Gasteiger partial charge in [0.25, 0.3) is 0 Å². The molecular formula is C15H19NO3S. The van der Waals surface area contributed by atoms with E-state index in [0.29, 0.717) is 29.3 Å². The predicted molar refractivity (Wildman–Crippen MR) is 82.5 cm³/mol. The van der Waals surface area contributed by atoms with Gasteiger partial charge in [-0.25, -0.2) is 4.79 Å². The Balaban J connectivity index is 2.34. The number of fused-ring (bicyclic) bond motifs is 1. The molecule has 108 valence electrons. The molecule has 1 heterocycles. The number of nitrogens with zero attached hydrogens (tertiary/aromatic N) is 1. The molecule has 1 aromatic carbocycles. The molecule has 1 N–H and O–H groups in total. The number of hydrogen-bond donors (Lipinski definition) is 1. The Labute approximate surface area is 122 Å². The molecule has 0 aliphatic rings. The number of carboxylic acid groups (broad SMARTS) is 1. The zero-order chi connectivity index (χ0) is 14.7. The van der Waals surface area contributed by atoms with Crippen molar-refractivity contribution in [2.45, 2.75) is 19.5 Å². The van der Waals surface area contributed by atoms with Crippen molar-refractivity contribution >= 4 is 28.7 Å². The quantitative estimate of drug-likeness (QED) is 0.885. The molecule has 20 heavy (non-hydrogen) atoms. The highest BCUT2D eigenvalue weighted by atomic mass is 32.2. The average molecular weight is 293 g/mol. The van der Waals surface area contributed by atoms with Crippen molar-refractivity contribution < 1.29 is 14.3 Å². The summed E-state index contributed by atoms with van der Waals surface area (Å²) >= 11 is 1.78. The van der Waals surface area contributed by atoms with Crippen molar-refractivity contribution in [3.05, 3.63) is 35.6 Å². The number of carbonyl (C=O) groups is 1. The standard InChI is InChI=1S/C15H19NO3S/c1-10(9-20-3)16(2)8-13-14(15(17)18)11-6-4-5-7-12(11)19-13/h4-7,10H,8-9H2,1-3H3,(H,17,18). The van der Waals surface area contributed by atoms with Crippen LogP contribution >= 0.6 is 11.8 Å². The van der Waals surface area contributed by atoms with Gasteiger partial charge in [0.2, 0.25) is 0 Å². The molecule has 1 unspecified atom stereocenters. The van der Waals surface area contributed by atoms with Gasteiger partial charge in [-0.2, -0.15) is 11.8 Å². The van der Waals surface area contributed by atoms with Crippen LogP contribution in [-0.2, 0) is 6.54 Å². The van der Waals surface area contributed by atoms with Crippen LogP contribution in [-0.4, -0.2) is 41.1 Å². The Morgan fingerprint density at radius 3 is 2.80 bits per heavy atom. The predicted octanol–water partition coefficient (Wildman–Crippen LogP) is 3.31. The second kappa shape index (κ2) is 6.33. The number of para-hydroxylation sites is 1. The highest BCUT2D eigenvalue weighted by molar-refractivity contribution is 7.98. The molecule has 0 aliphatic heterocycles. The summed E-state index contributed by atoms with van der Waals surface area (Å²) in [6.45, 7) is 2.62. The van der Waals surface area contributed by atoms with Gasteiger partial charge in [-0.15, -0.1) is 0 Å². The molecule has 0 spiro atoms. The summed E-state index contributed by atoms with van der Waals surface area (Å²) < 4.78 is 5.73. The third-order valence-corrected chi connectivity index (χ3v) is 4.25. The third kappa shape index (κ3) is 2.99. The molecule has 5 heteroatoms. The summed E-state index contributed by atoms with van der Waals surface area (Å²) in [6.07, 6.45) is 2.06. The first-order chi connectivity index (χ1) is 9.54. The van der Waals surface area contributed by atoms with E-state index in [1.807, 2.05) is 19.2 Å². The smallest absolute Gasteiger partial charge is 0.339 e. The highest BCUT2D eigenvalue weighted by Gasteiger charge is 2.22. The number of carboxylic acids is 1. The summed E-state index contributed by atoms with van der Waals surface area (Å²) in [5, 5.41) is 10.1. The van der Waals surface area contributed by atoms with E-state index in [1.54, 1.807) is 23.9 Å². The van der Waals surface area contributed by atoms with Crippen LogP contribution < -0.4 is 0 Å². The molecule has 0 amide bonds. The van der Waals surface area contributed by atoms with Gasteiger partial charge in [0.15, 0.2) is 0 Å². The van der Waals surface area contributed by atoms with Crippen LogP contribution in [0, 0.1) is 0 Å². The van der Waals surface area contributed by atoms with E-state index in [2.05, 4.69) is 18.1 Å². The first-order valence-electron chi connectivity index (χ1n) is 6.47. The van der Waals surface area contributed by atoms with E-state index < -0.39 is 5.97 Å². The maximum Gasteiger partial charge on any atom is 0.339 e. The molecule has 2 aromatic rings. The van der Waals surface area contributed by atoms with Crippen LogP contribution in [0.25, 0.3) is 11.0 Å². The molecule has 0 fully saturated rings. The van der Waals surface area contributed by atoms with Crippen LogP contribution in [0.15, 0.2) is 28.7 Å². The van der Waals surface area contributed by atoms with Crippen LogP contribution in [0.4, 0.5) is 0 Å². The van der Waals surface area contributed by atoms with E-state index in [4.69, 9.17) is 4.42 Å². The van der Waals surface area contributed by atoms with Crippen molar-refractivity contribution in [1.82, 2.24) is 4.90 Å². The highest BCUT2D eigenvalue weighted by Crippen LogP contribution is 2.27. The maximum atomic E-state index is 11.5. The monoisotopic (exact) mass is 293 g/mol. The lowest BCUT2D eigenvalue weighted by molar-refractivity contribution is 0.0694. The van der Waals surface area contributed by atoms with Crippen LogP contribution in [0.3, 0.4) is 0 Å². The summed E-state index contributed by atoms with van der Waals surface area (Å²) in [7, 11) is 1.99. The lowest BCUT2D eigenvalue weighted by atomic mass is 10.1. The molecule has 0 saturated carbocycles. The Kier molecular flexibility index (Phi) is 4.73. The van der Waals surface area contributed by atoms with Crippen LogP contribution in [0.2, 0.25) is 0 Å². The number of aromatic carboxylic acids is 1. The zero-order valence-electron chi connectivity index (χ0n) is 11.9. The second-order valence-electron chi connectivity index (χ2n) is 4.92. The van der Waals surface area contributed by atoms with E-state index in [0.717, 1.165) is 5.75 Å². The SMILES string of the molecule is CSCC(C)N(C)Cc1oc2ccccc2c1C(=O)O. The fourth-order valence-electron chi connectivity index (χ4n) is 2.19. The van der Waals surface area contributed by atoms with Gasteiger partial charge in [-0.05, 0) is 26.3 Å². The van der Waals surface area contributed by atoms with Crippen molar-refractivity contribution in [3.8, 4) is 0 Å². The van der Waals surface area contributed by atoms with Gasteiger partial charge in [0.05, 0.1) is 6.54 Å². The summed E-state index contributed by atoms with van der Waals surface area (Å²) in [5.41, 5.74) is 0.912. The number of rotatable bonds is 6. The van der Waals surface area contributed by atoms with Gasteiger partial charge in [-0.3, -0.25) is 4.90 Å². The second-order valence-corrected chi connectivity index (χ2v) is 5.83. The molecule has 1 atom stereocenters. The Morgan fingerprint density at radius 2 is 2.15 bits per heavy atom. The van der Waals surface area contributed by atoms with Gasteiger partial charge < -0.3 is 9.52 Å². The number of benzene rings is 1. The number of hydrogen-bond acceptors (Lipinski definition) is 4. The van der Waals surface area contributed by atoms with Gasteiger partial charge >= 0.3 is 5.97 Å². The Hall–Kier alpha value is -1.46. The van der Waals surface area contributed by atoms with E-state index >= 15 is 0 Å². The fraction of sp³-hybridized carbons (Fsp3) is 0.400. The summed E-state index contributed by atoms with van der Waals surface area (Å²) in [5.74, 6) is 0.587. The fourth-order valence-corrected chi connectivity index (χ4v) is 2.93. The molecule has 0 bridgehead atoms. The van der Waals surface area contributed by atoms with E-state index in [-0.39, 0.29) is 5.56 Å². The molecule has 0 radical (unpaired) electrons. The Bertz CT molecular complexity index is 608. The largest absolute Gasteiger partial charge is 0.478 e. The lowest BCUT2D eigenvalue weighted by Gasteiger charge is -2.23. The molecule has 0 aliphatic carbocycles. The Morgan fingerprint density at radius 1 is 1.45 bits per heavy atom. The molecule has 2 rings (SSSR count). The third-order valence-electron chi connectivity index (χ3n) is 3.44. The van der Waals surface area contributed by atoms with Crippen molar-refractivity contribution in [2.75, 3.05) is 19.1 Å². The molecule has 0 saturated heterocycles. The zero-order valence-corrected chi connectivity index (χ0v) is 12.7. The molecular weight excluding hydrogens is 274 g/mol. The van der Waals surface area contributed by atoms with Crippen molar-refractivity contribution in [1.29, 1.82) is 0 Å². The van der Waals surface area contributed by atoms with Gasteiger partial charge in [0, 0.05) is 17.2 Å². The summed E-state index contributed by atoms with van der Waals surface area (Å²) in [6, 6.07) is 7.63. The first kappa shape index (κ1) is 14.9. The minimum atomic E-state index is -0.934. The lowest BCUT2D eigenvalue weighted by Crippen LogP contribution is -2.30. The number of furan rings is 1. The normalized spacial score (nSPS) is 13.0. The molecule has 1 aromatic heterocycles. The maximum absolute atomic E-state index is 11.5. The van der Waals surface area contributed by atoms with Crippen molar-refractivity contribution in [3.63, 3.8) is 0 Å². The topological polar surface area (TPSA) is 53.7 Å². The van der Waals surface area contributed by atoms with Gasteiger partial charge in [0.1, 0.15) is 16.9 Å². The van der Waals surface area contributed by atoms with Crippen LogP contribution in [0.1, 0.15) is 23.0 Å².